The maximum Gasteiger partial charge on any atom is 0.478 e. The Balaban J connectivity index is 1.68. The van der Waals surface area contributed by atoms with Crippen LogP contribution in [0.5, 0.6) is 0 Å². The Morgan fingerprint density at radius 2 is 1.69 bits per heavy atom. The predicted molar refractivity (Wildman–Crippen MR) is 127 cm³/mol. The van der Waals surface area contributed by atoms with Gasteiger partial charge in [-0.25, -0.2) is 13.9 Å². The minimum absolute atomic E-state index is 0.162. The lowest BCUT2D eigenvalue weighted by Crippen LogP contribution is -2.40. The lowest BCUT2D eigenvalue weighted by Gasteiger charge is -2.12. The van der Waals surface area contributed by atoms with Gasteiger partial charge in [-0.1, -0.05) is 23.7 Å². The van der Waals surface area contributed by atoms with Crippen molar-refractivity contribution < 1.29 is 17.9 Å². The van der Waals surface area contributed by atoms with E-state index in [-0.39, 0.29) is 22.5 Å². The molecule has 0 unspecified atom stereocenters. The number of aromatic nitrogens is 5. The molecule has 5 aromatic rings. The molecule has 0 fully saturated rings. The van der Waals surface area contributed by atoms with Gasteiger partial charge < -0.3 is 5.21 Å². The van der Waals surface area contributed by atoms with E-state index in [9.17, 15) is 23.2 Å². The number of alkyl halides is 3. The third kappa shape index (κ3) is 4.09. The molecule has 0 atom stereocenters. The van der Waals surface area contributed by atoms with Crippen LogP contribution in [0.15, 0.2) is 78.0 Å². The van der Waals surface area contributed by atoms with Crippen molar-refractivity contribution >= 4 is 17.2 Å². The van der Waals surface area contributed by atoms with Gasteiger partial charge in [-0.05, 0) is 53.1 Å². The Morgan fingerprint density at radius 1 is 1.00 bits per heavy atom. The summed E-state index contributed by atoms with van der Waals surface area (Å²) in [5.41, 5.74) is 1.68. The number of halogens is 4. The molecule has 4 aromatic heterocycles. The van der Waals surface area contributed by atoms with Crippen molar-refractivity contribution in [3.63, 3.8) is 0 Å². The molecule has 4 heterocycles. The molecule has 0 aliphatic rings. The molecule has 0 saturated carbocycles. The maximum atomic E-state index is 13.2. The molecule has 182 valence electrons. The van der Waals surface area contributed by atoms with Gasteiger partial charge in [0.05, 0.1) is 6.54 Å². The average molecular weight is 512 g/mol. The highest BCUT2D eigenvalue weighted by Gasteiger charge is 2.40. The molecule has 7 nitrogen and oxygen atoms in total. The highest BCUT2D eigenvalue weighted by atomic mass is 35.5. The van der Waals surface area contributed by atoms with Crippen LogP contribution in [-0.4, -0.2) is 19.2 Å². The van der Waals surface area contributed by atoms with Gasteiger partial charge in [-0.3, -0.25) is 4.98 Å². The van der Waals surface area contributed by atoms with Crippen LogP contribution in [0.3, 0.4) is 0 Å². The smallest absolute Gasteiger partial charge is 0.478 e. The fourth-order valence-corrected chi connectivity index (χ4v) is 4.20. The Labute approximate surface area is 207 Å². The van der Waals surface area contributed by atoms with Gasteiger partial charge in [0.2, 0.25) is 0 Å². The normalized spacial score (nSPS) is 11.8. The maximum absolute atomic E-state index is 13.2. The Bertz CT molecular complexity index is 1650. The zero-order valence-electron chi connectivity index (χ0n) is 18.7. The van der Waals surface area contributed by atoms with E-state index < -0.39 is 17.6 Å². The molecule has 0 amide bonds. The molecule has 0 spiro atoms. The quantitative estimate of drug-likeness (QED) is 0.254. The number of benzene rings is 1. The Kier molecular flexibility index (Phi) is 5.76. The number of nitrogens with zero attached hydrogens (tertiary/aromatic N) is 5. The van der Waals surface area contributed by atoms with Crippen LogP contribution in [0.1, 0.15) is 17.0 Å². The van der Waals surface area contributed by atoms with E-state index in [1.807, 2.05) is 12.1 Å². The zero-order chi connectivity index (χ0) is 25.6. The van der Waals surface area contributed by atoms with Crippen molar-refractivity contribution in [1.82, 2.24) is 19.2 Å². The van der Waals surface area contributed by atoms with E-state index in [2.05, 4.69) is 10.1 Å². The molecule has 11 heteroatoms. The Morgan fingerprint density at radius 3 is 2.36 bits per heavy atom. The largest absolute Gasteiger partial charge is 0.618 e. The third-order valence-corrected chi connectivity index (χ3v) is 6.17. The lowest BCUT2D eigenvalue weighted by atomic mass is 9.96. The number of rotatable bonds is 4. The fourth-order valence-electron chi connectivity index (χ4n) is 4.07. The van der Waals surface area contributed by atoms with Crippen molar-refractivity contribution in [1.29, 1.82) is 0 Å². The molecule has 0 aliphatic carbocycles. The van der Waals surface area contributed by atoms with E-state index in [0.29, 0.717) is 22.3 Å². The zero-order valence-corrected chi connectivity index (χ0v) is 19.5. The first kappa shape index (κ1) is 23.6. The van der Waals surface area contributed by atoms with Crippen molar-refractivity contribution in [3.8, 4) is 22.3 Å². The van der Waals surface area contributed by atoms with Gasteiger partial charge in [-0.2, -0.15) is 17.9 Å². The van der Waals surface area contributed by atoms with Crippen molar-refractivity contribution in [3.05, 3.63) is 111 Å². The summed E-state index contributed by atoms with van der Waals surface area (Å²) in [6.45, 7) is 1.10. The molecule has 0 radical (unpaired) electrons. The van der Waals surface area contributed by atoms with Crippen LogP contribution in [0, 0.1) is 12.1 Å². The monoisotopic (exact) mass is 511 g/mol. The van der Waals surface area contributed by atoms with Crippen LogP contribution >= 0.6 is 11.6 Å². The van der Waals surface area contributed by atoms with Crippen molar-refractivity contribution in [2.45, 2.75) is 19.6 Å². The molecule has 0 N–H and O–H groups in total. The summed E-state index contributed by atoms with van der Waals surface area (Å²) < 4.78 is 41.6. The first-order chi connectivity index (χ1) is 17.1. The predicted octanol–water partition coefficient (Wildman–Crippen LogP) is 4.89. The highest BCUT2D eigenvalue weighted by Crippen LogP contribution is 2.35. The molecule has 0 aliphatic heterocycles. The summed E-state index contributed by atoms with van der Waals surface area (Å²) in [6, 6.07) is 14.5. The van der Waals surface area contributed by atoms with Gasteiger partial charge in [0.25, 0.3) is 5.69 Å². The fraction of sp³-hybridized carbons (Fsp3) is 0.120. The lowest BCUT2D eigenvalue weighted by molar-refractivity contribution is -0.636. The van der Waals surface area contributed by atoms with E-state index in [4.69, 9.17) is 11.6 Å². The molecule has 1 aromatic carbocycles. The van der Waals surface area contributed by atoms with Gasteiger partial charge in [-0.15, -0.1) is 5.10 Å². The van der Waals surface area contributed by atoms with Crippen molar-refractivity contribution in [2.24, 2.45) is 0 Å². The van der Waals surface area contributed by atoms with Gasteiger partial charge >= 0.3 is 11.9 Å². The minimum atomic E-state index is -4.79. The van der Waals surface area contributed by atoms with Gasteiger partial charge in [0, 0.05) is 47.7 Å². The second-order valence-corrected chi connectivity index (χ2v) is 8.54. The summed E-state index contributed by atoms with van der Waals surface area (Å²) in [7, 11) is 0. The van der Waals surface area contributed by atoms with E-state index >= 15 is 0 Å². The van der Waals surface area contributed by atoms with Crippen LogP contribution in [0.4, 0.5) is 13.2 Å². The number of pyridine rings is 3. The van der Waals surface area contributed by atoms with E-state index in [1.54, 1.807) is 48.9 Å². The van der Waals surface area contributed by atoms with Gasteiger partial charge in [0.1, 0.15) is 0 Å². The van der Waals surface area contributed by atoms with Gasteiger partial charge in [0.15, 0.2) is 11.3 Å². The number of hydrogen-bond donors (Lipinski definition) is 0. The molecular weight excluding hydrogens is 495 g/mol. The second-order valence-electron chi connectivity index (χ2n) is 8.10. The molecule has 0 saturated heterocycles. The summed E-state index contributed by atoms with van der Waals surface area (Å²) in [4.78, 5) is 17.3. The van der Waals surface area contributed by atoms with E-state index in [1.165, 1.54) is 17.4 Å². The third-order valence-electron chi connectivity index (χ3n) is 5.92. The number of hydrogen-bond acceptors (Lipinski definition) is 4. The average Bonchev–Trinajstić information content (AvgIpc) is 3.17. The van der Waals surface area contributed by atoms with Crippen LogP contribution in [0.25, 0.3) is 27.9 Å². The van der Waals surface area contributed by atoms with Crippen LogP contribution in [-0.2, 0) is 12.7 Å². The second kappa shape index (κ2) is 8.80. The molecular formula is C25H17ClF3N5O2. The topological polar surface area (TPSA) is 79.1 Å². The molecule has 5 rings (SSSR count). The van der Waals surface area contributed by atoms with Crippen LogP contribution in [0.2, 0.25) is 5.02 Å². The molecule has 36 heavy (non-hydrogen) atoms. The molecule has 0 bridgehead atoms. The summed E-state index contributed by atoms with van der Waals surface area (Å²) in [6.07, 6.45) is 0.0436. The first-order valence-electron chi connectivity index (χ1n) is 10.7. The summed E-state index contributed by atoms with van der Waals surface area (Å²) >= 11 is 6.05. The first-order valence-corrected chi connectivity index (χ1v) is 11.1. The summed E-state index contributed by atoms with van der Waals surface area (Å²) in [5.74, 6) is 0. The van der Waals surface area contributed by atoms with Crippen LogP contribution < -0.4 is 10.4 Å². The van der Waals surface area contributed by atoms with E-state index in [0.717, 1.165) is 21.4 Å². The SMILES string of the molecule is Cc1c(Cn2nc3c(-c4ccncc4)c(-c4ccc(Cl)cc4)ccn3c2=O)ccc(C(F)(F)F)[n+]1[O-]. The number of fused-ring (bicyclic) bond motifs is 1. The Hall–Kier alpha value is -4.18. The highest BCUT2D eigenvalue weighted by molar-refractivity contribution is 6.30. The van der Waals surface area contributed by atoms with Crippen molar-refractivity contribution in [2.75, 3.05) is 0 Å². The standard InChI is InChI=1S/C25H17ClF3N5O2/c1-15-18(4-7-21(34(15)36)25(27,28)29)14-33-24(35)32-13-10-20(16-2-5-19(26)6-3-16)22(23(32)31-33)17-8-11-30-12-9-17/h2-13H,14H2,1H3. The summed E-state index contributed by atoms with van der Waals surface area (Å²) in [5, 5.41) is 17.3. The minimum Gasteiger partial charge on any atom is -0.618 e.